The van der Waals surface area contributed by atoms with E-state index >= 15 is 0 Å². The molecule has 1 N–H and O–H groups in total. The van der Waals surface area contributed by atoms with Gasteiger partial charge in [0.2, 0.25) is 5.91 Å². The van der Waals surface area contributed by atoms with Crippen LogP contribution in [0.3, 0.4) is 0 Å². The lowest BCUT2D eigenvalue weighted by atomic mass is 10.2. The van der Waals surface area contributed by atoms with Crippen LogP contribution in [0, 0.1) is 0 Å². The van der Waals surface area contributed by atoms with Gasteiger partial charge in [0, 0.05) is 12.7 Å². The molecule has 0 radical (unpaired) electrons. The summed E-state index contributed by atoms with van der Waals surface area (Å²) < 4.78 is 26.7. The predicted octanol–water partition coefficient (Wildman–Crippen LogP) is 2.64. The van der Waals surface area contributed by atoms with E-state index in [4.69, 9.17) is 0 Å². The van der Waals surface area contributed by atoms with Crippen LogP contribution in [0.4, 0.5) is 14.5 Å². The van der Waals surface area contributed by atoms with Gasteiger partial charge in [-0.05, 0) is 24.3 Å². The molecule has 94 valence electrons. The fraction of sp³-hybridized carbons (Fsp3) is 0.167. The highest BCUT2D eigenvalue weighted by atomic mass is 19.3. The quantitative estimate of drug-likeness (QED) is 0.852. The lowest BCUT2D eigenvalue weighted by Gasteiger charge is -2.02. The van der Waals surface area contributed by atoms with Crippen molar-refractivity contribution in [1.29, 1.82) is 0 Å². The number of anilines is 1. The van der Waals surface area contributed by atoms with Crippen molar-refractivity contribution in [2.24, 2.45) is 7.05 Å². The number of aromatic nitrogens is 2. The first kappa shape index (κ1) is 12.2. The molecule has 4 nitrogen and oxygen atoms in total. The summed E-state index contributed by atoms with van der Waals surface area (Å²) >= 11 is 0. The van der Waals surface area contributed by atoms with Crippen LogP contribution in [-0.2, 0) is 11.8 Å². The van der Waals surface area contributed by atoms with E-state index in [0.717, 1.165) is 6.08 Å². The molecule has 0 saturated heterocycles. The van der Waals surface area contributed by atoms with E-state index in [1.165, 1.54) is 11.6 Å². The Morgan fingerprint density at radius 1 is 1.56 bits per heavy atom. The van der Waals surface area contributed by atoms with Crippen molar-refractivity contribution in [3.8, 4) is 0 Å². The zero-order valence-electron chi connectivity index (χ0n) is 9.65. The highest BCUT2D eigenvalue weighted by molar-refractivity contribution is 6.00. The van der Waals surface area contributed by atoms with Crippen LogP contribution in [0.1, 0.15) is 12.2 Å². The maximum atomic E-state index is 12.7. The number of hydrogen-bond donors (Lipinski definition) is 1. The van der Waals surface area contributed by atoms with Gasteiger partial charge in [-0.3, -0.25) is 4.79 Å². The van der Waals surface area contributed by atoms with Crippen LogP contribution in [-0.4, -0.2) is 15.5 Å². The fourth-order valence-electron chi connectivity index (χ4n) is 1.68. The molecule has 6 heteroatoms. The number of alkyl halides is 2. The van der Waals surface area contributed by atoms with Crippen molar-refractivity contribution in [2.45, 2.75) is 6.43 Å². The van der Waals surface area contributed by atoms with E-state index in [-0.39, 0.29) is 11.7 Å². The topological polar surface area (TPSA) is 46.9 Å². The van der Waals surface area contributed by atoms with Crippen LogP contribution in [0.5, 0.6) is 0 Å². The number of halogens is 2. The summed E-state index contributed by atoms with van der Waals surface area (Å²) in [4.78, 5) is 15.0. The molecule has 0 fully saturated rings. The Bertz CT molecular complexity index is 619. The highest BCUT2D eigenvalue weighted by Crippen LogP contribution is 2.24. The Balaban J connectivity index is 2.46. The Labute approximate surface area is 102 Å². The van der Waals surface area contributed by atoms with Gasteiger partial charge < -0.3 is 9.88 Å². The van der Waals surface area contributed by atoms with Gasteiger partial charge in [-0.1, -0.05) is 6.58 Å². The molecule has 1 heterocycles. The van der Waals surface area contributed by atoms with Crippen LogP contribution < -0.4 is 5.32 Å². The van der Waals surface area contributed by atoms with Gasteiger partial charge in [0.25, 0.3) is 6.43 Å². The maximum absolute atomic E-state index is 12.7. The van der Waals surface area contributed by atoms with Crippen molar-refractivity contribution in [1.82, 2.24) is 9.55 Å². The molecule has 0 atom stereocenters. The summed E-state index contributed by atoms with van der Waals surface area (Å²) in [7, 11) is 1.53. The first-order valence-corrected chi connectivity index (χ1v) is 5.21. The van der Waals surface area contributed by atoms with Crippen molar-refractivity contribution in [3.63, 3.8) is 0 Å². The minimum atomic E-state index is -2.63. The SMILES string of the molecule is C=CC(=O)Nc1ccc2c(c1)nc(C(F)F)n2C. The zero-order valence-corrected chi connectivity index (χ0v) is 9.65. The number of aryl methyl sites for hydroxylation is 1. The van der Waals surface area contributed by atoms with Crippen LogP contribution >= 0.6 is 0 Å². The molecule has 1 aromatic heterocycles. The third-order valence-electron chi connectivity index (χ3n) is 2.56. The smallest absolute Gasteiger partial charge is 0.295 e. The molecule has 1 amide bonds. The largest absolute Gasteiger partial charge is 0.326 e. The minimum absolute atomic E-state index is 0.294. The van der Waals surface area contributed by atoms with E-state index in [1.807, 2.05) is 0 Å². The van der Waals surface area contributed by atoms with Crippen molar-refractivity contribution < 1.29 is 13.6 Å². The minimum Gasteiger partial charge on any atom is -0.326 e. The average Bonchev–Trinajstić information content (AvgIpc) is 2.66. The Morgan fingerprint density at radius 3 is 2.89 bits per heavy atom. The summed E-state index contributed by atoms with van der Waals surface area (Å²) in [5, 5.41) is 2.55. The number of carbonyl (C=O) groups excluding carboxylic acids is 1. The van der Waals surface area contributed by atoms with E-state index in [2.05, 4.69) is 16.9 Å². The lowest BCUT2D eigenvalue weighted by Crippen LogP contribution is -2.06. The zero-order chi connectivity index (χ0) is 13.3. The fourth-order valence-corrected chi connectivity index (χ4v) is 1.68. The van der Waals surface area contributed by atoms with E-state index in [9.17, 15) is 13.6 Å². The monoisotopic (exact) mass is 251 g/mol. The van der Waals surface area contributed by atoms with Gasteiger partial charge in [-0.2, -0.15) is 0 Å². The molecule has 0 saturated carbocycles. The second-order valence-corrected chi connectivity index (χ2v) is 3.73. The Kier molecular flexibility index (Phi) is 3.10. The Hall–Kier alpha value is -2.24. The average molecular weight is 251 g/mol. The second-order valence-electron chi connectivity index (χ2n) is 3.73. The van der Waals surface area contributed by atoms with Crippen LogP contribution in [0.2, 0.25) is 0 Å². The van der Waals surface area contributed by atoms with E-state index < -0.39 is 6.43 Å². The number of carbonyl (C=O) groups is 1. The molecule has 2 rings (SSSR count). The molecular formula is C12H11F2N3O. The summed E-state index contributed by atoms with van der Waals surface area (Å²) in [5.74, 6) is -0.656. The van der Waals surface area contributed by atoms with Crippen molar-refractivity contribution in [2.75, 3.05) is 5.32 Å². The summed E-state index contributed by atoms with van der Waals surface area (Å²) in [5.41, 5.74) is 1.49. The number of imidazole rings is 1. The molecule has 0 aliphatic rings. The number of benzene rings is 1. The lowest BCUT2D eigenvalue weighted by molar-refractivity contribution is -0.111. The molecular weight excluding hydrogens is 240 g/mol. The maximum Gasteiger partial charge on any atom is 0.295 e. The molecule has 1 aromatic carbocycles. The first-order chi connectivity index (χ1) is 8.52. The van der Waals surface area contributed by atoms with Gasteiger partial charge in [0.1, 0.15) is 0 Å². The molecule has 0 spiro atoms. The third-order valence-corrected chi connectivity index (χ3v) is 2.56. The third kappa shape index (κ3) is 2.09. The molecule has 2 aromatic rings. The van der Waals surface area contributed by atoms with Crippen LogP contribution in [0.25, 0.3) is 11.0 Å². The number of nitrogens with zero attached hydrogens (tertiary/aromatic N) is 2. The number of fused-ring (bicyclic) bond motifs is 1. The molecule has 0 aliphatic carbocycles. The summed E-state index contributed by atoms with van der Waals surface area (Å²) in [6.07, 6.45) is -1.50. The standard InChI is InChI=1S/C12H11F2N3O/c1-3-10(18)15-7-4-5-9-8(6-7)16-12(11(13)14)17(9)2/h3-6,11H,1H2,2H3,(H,15,18). The van der Waals surface area contributed by atoms with E-state index in [1.54, 1.807) is 18.2 Å². The highest BCUT2D eigenvalue weighted by Gasteiger charge is 2.16. The predicted molar refractivity (Wildman–Crippen MR) is 64.5 cm³/mol. The molecule has 0 unspecified atom stereocenters. The molecule has 0 aliphatic heterocycles. The van der Waals surface area contributed by atoms with Gasteiger partial charge in [0.05, 0.1) is 11.0 Å². The molecule has 0 bridgehead atoms. The number of hydrogen-bond acceptors (Lipinski definition) is 2. The number of rotatable bonds is 3. The second kappa shape index (κ2) is 4.56. The summed E-state index contributed by atoms with van der Waals surface area (Å²) in [6.45, 7) is 3.33. The number of nitrogens with one attached hydrogen (secondary N) is 1. The number of amides is 1. The first-order valence-electron chi connectivity index (χ1n) is 5.21. The van der Waals surface area contributed by atoms with Crippen LogP contribution in [0.15, 0.2) is 30.9 Å². The normalized spacial score (nSPS) is 10.9. The Morgan fingerprint density at radius 2 is 2.28 bits per heavy atom. The van der Waals surface area contributed by atoms with Gasteiger partial charge in [0.15, 0.2) is 5.82 Å². The van der Waals surface area contributed by atoms with Gasteiger partial charge in [-0.15, -0.1) is 0 Å². The van der Waals surface area contributed by atoms with E-state index in [0.29, 0.717) is 16.7 Å². The molecule has 18 heavy (non-hydrogen) atoms. The van der Waals surface area contributed by atoms with Crippen molar-refractivity contribution >= 4 is 22.6 Å². The van der Waals surface area contributed by atoms with Gasteiger partial charge >= 0.3 is 0 Å². The summed E-state index contributed by atoms with van der Waals surface area (Å²) in [6, 6.07) is 4.80. The van der Waals surface area contributed by atoms with Crippen molar-refractivity contribution in [3.05, 3.63) is 36.7 Å². The van der Waals surface area contributed by atoms with Gasteiger partial charge in [-0.25, -0.2) is 13.8 Å².